The van der Waals surface area contributed by atoms with Gasteiger partial charge < -0.3 is 19.9 Å². The number of nitrogens with zero attached hydrogens (tertiary/aromatic N) is 2. The fraction of sp³-hybridized carbons (Fsp3) is 1.00. The highest BCUT2D eigenvalue weighted by Crippen LogP contribution is 2.30. The van der Waals surface area contributed by atoms with Crippen molar-refractivity contribution in [3.8, 4) is 0 Å². The van der Waals surface area contributed by atoms with Crippen molar-refractivity contribution in [3.63, 3.8) is 0 Å². The van der Waals surface area contributed by atoms with Gasteiger partial charge in [0.1, 0.15) is 0 Å². The Morgan fingerprint density at radius 2 is 2.00 bits per heavy atom. The molecule has 112 valence electrons. The van der Waals surface area contributed by atoms with E-state index < -0.39 is 0 Å². The first kappa shape index (κ1) is 15.2. The third-order valence-electron chi connectivity index (χ3n) is 4.28. The summed E-state index contributed by atoms with van der Waals surface area (Å²) in [5.74, 6) is 0. The number of nitrogens with one attached hydrogen (secondary N) is 1. The van der Waals surface area contributed by atoms with Gasteiger partial charge in [-0.1, -0.05) is 0 Å². The van der Waals surface area contributed by atoms with Crippen LogP contribution in [0.5, 0.6) is 0 Å². The zero-order valence-electron chi connectivity index (χ0n) is 13.0. The molecule has 2 aliphatic rings. The molecule has 0 radical (unpaired) electrons. The summed E-state index contributed by atoms with van der Waals surface area (Å²) in [7, 11) is 6.55. The highest BCUT2D eigenvalue weighted by Gasteiger charge is 2.37. The molecular formula is C15H31N3O. The molecule has 0 aromatic carbocycles. The van der Waals surface area contributed by atoms with Crippen LogP contribution in [0.3, 0.4) is 0 Å². The van der Waals surface area contributed by atoms with Gasteiger partial charge in [0.25, 0.3) is 0 Å². The normalized spacial score (nSPS) is 27.6. The molecule has 1 heterocycles. The Labute approximate surface area is 118 Å². The lowest BCUT2D eigenvalue weighted by Crippen LogP contribution is -2.44. The van der Waals surface area contributed by atoms with Gasteiger partial charge in [0.2, 0.25) is 0 Å². The smallest absolute Gasteiger partial charge is 0.0547 e. The third kappa shape index (κ3) is 5.38. The van der Waals surface area contributed by atoms with Crippen molar-refractivity contribution in [2.75, 3.05) is 60.5 Å². The van der Waals surface area contributed by atoms with Crippen LogP contribution in [0.25, 0.3) is 0 Å². The van der Waals surface area contributed by atoms with E-state index in [0.717, 1.165) is 25.8 Å². The van der Waals surface area contributed by atoms with E-state index in [9.17, 15) is 0 Å². The Balaban J connectivity index is 1.71. The van der Waals surface area contributed by atoms with Gasteiger partial charge in [-0.2, -0.15) is 0 Å². The Kier molecular flexibility index (Phi) is 5.63. The van der Waals surface area contributed by atoms with Crippen LogP contribution in [0.1, 0.15) is 25.7 Å². The van der Waals surface area contributed by atoms with E-state index in [1.165, 1.54) is 45.3 Å². The summed E-state index contributed by atoms with van der Waals surface area (Å²) in [6.07, 6.45) is 5.20. The molecular weight excluding hydrogens is 238 g/mol. The molecule has 0 aromatic rings. The van der Waals surface area contributed by atoms with E-state index in [0.29, 0.717) is 5.41 Å². The van der Waals surface area contributed by atoms with E-state index >= 15 is 0 Å². The van der Waals surface area contributed by atoms with Crippen LogP contribution >= 0.6 is 0 Å². The topological polar surface area (TPSA) is 27.7 Å². The molecule has 0 amide bonds. The maximum Gasteiger partial charge on any atom is 0.0547 e. The molecule has 1 N–H and O–H groups in total. The number of hydrogen-bond donors (Lipinski definition) is 1. The quantitative estimate of drug-likeness (QED) is 0.676. The van der Waals surface area contributed by atoms with Gasteiger partial charge in [-0.15, -0.1) is 0 Å². The SMILES string of the molecule is CN(C)CCCN(C)CC1(CNC2CC2)CCOC1. The minimum atomic E-state index is 0.357. The molecule has 1 atom stereocenters. The number of hydrogen-bond acceptors (Lipinski definition) is 4. The first-order valence-corrected chi connectivity index (χ1v) is 7.74. The van der Waals surface area contributed by atoms with E-state index in [4.69, 9.17) is 4.74 Å². The van der Waals surface area contributed by atoms with Crippen LogP contribution in [0.15, 0.2) is 0 Å². The Morgan fingerprint density at radius 1 is 1.21 bits per heavy atom. The molecule has 2 fully saturated rings. The lowest BCUT2D eigenvalue weighted by Gasteiger charge is -2.33. The van der Waals surface area contributed by atoms with Crippen LogP contribution < -0.4 is 5.32 Å². The zero-order valence-corrected chi connectivity index (χ0v) is 13.0. The molecule has 0 bridgehead atoms. The molecule has 19 heavy (non-hydrogen) atoms. The summed E-state index contributed by atoms with van der Waals surface area (Å²) in [6.45, 7) is 6.54. The fourth-order valence-corrected chi connectivity index (χ4v) is 2.93. The average molecular weight is 269 g/mol. The highest BCUT2D eigenvalue weighted by atomic mass is 16.5. The summed E-state index contributed by atoms with van der Waals surface area (Å²) in [5, 5.41) is 3.70. The second-order valence-corrected chi connectivity index (χ2v) is 6.85. The molecule has 1 unspecified atom stereocenters. The van der Waals surface area contributed by atoms with Gasteiger partial charge in [0, 0.05) is 31.2 Å². The van der Waals surface area contributed by atoms with Crippen LogP contribution in [-0.4, -0.2) is 76.4 Å². The fourth-order valence-electron chi connectivity index (χ4n) is 2.93. The zero-order chi connectivity index (χ0) is 13.7. The minimum absolute atomic E-state index is 0.357. The van der Waals surface area contributed by atoms with Gasteiger partial charge in [0.05, 0.1) is 6.61 Å². The predicted octanol–water partition coefficient (Wildman–Crippen LogP) is 1.03. The Hall–Kier alpha value is -0.160. The largest absolute Gasteiger partial charge is 0.381 e. The monoisotopic (exact) mass is 269 g/mol. The van der Waals surface area contributed by atoms with Crippen LogP contribution in [-0.2, 0) is 4.74 Å². The molecule has 1 aliphatic carbocycles. The van der Waals surface area contributed by atoms with Gasteiger partial charge in [-0.25, -0.2) is 0 Å². The van der Waals surface area contributed by atoms with E-state index in [-0.39, 0.29) is 0 Å². The van der Waals surface area contributed by atoms with Crippen molar-refractivity contribution in [3.05, 3.63) is 0 Å². The average Bonchev–Trinajstić information content (AvgIpc) is 3.07. The second kappa shape index (κ2) is 7.02. The minimum Gasteiger partial charge on any atom is -0.381 e. The van der Waals surface area contributed by atoms with Gasteiger partial charge in [-0.3, -0.25) is 0 Å². The molecule has 1 saturated carbocycles. The van der Waals surface area contributed by atoms with Crippen molar-refractivity contribution in [2.45, 2.75) is 31.7 Å². The van der Waals surface area contributed by atoms with Gasteiger partial charge in [-0.05, 0) is 59.9 Å². The summed E-state index contributed by atoms with van der Waals surface area (Å²) in [5.41, 5.74) is 0.357. The first-order chi connectivity index (χ1) is 9.10. The standard InChI is InChI=1S/C15H31N3O/c1-17(2)8-4-9-18(3)12-15(7-10-19-13-15)11-16-14-5-6-14/h14,16H,4-13H2,1-3H3. The molecule has 4 heteroatoms. The summed E-state index contributed by atoms with van der Waals surface area (Å²) < 4.78 is 5.68. The van der Waals surface area contributed by atoms with Gasteiger partial charge in [0.15, 0.2) is 0 Å². The van der Waals surface area contributed by atoms with E-state index in [1.54, 1.807) is 0 Å². The van der Waals surface area contributed by atoms with Crippen LogP contribution in [0.4, 0.5) is 0 Å². The van der Waals surface area contributed by atoms with Crippen molar-refractivity contribution >= 4 is 0 Å². The maximum absolute atomic E-state index is 5.68. The Bertz CT molecular complexity index is 260. The van der Waals surface area contributed by atoms with Crippen LogP contribution in [0.2, 0.25) is 0 Å². The van der Waals surface area contributed by atoms with E-state index in [2.05, 4.69) is 36.3 Å². The third-order valence-corrected chi connectivity index (χ3v) is 4.28. The highest BCUT2D eigenvalue weighted by molar-refractivity contribution is 4.91. The summed E-state index contributed by atoms with van der Waals surface area (Å²) >= 11 is 0. The van der Waals surface area contributed by atoms with Crippen molar-refractivity contribution < 1.29 is 4.74 Å². The summed E-state index contributed by atoms with van der Waals surface area (Å²) in [6, 6.07) is 0.802. The second-order valence-electron chi connectivity index (χ2n) is 6.85. The van der Waals surface area contributed by atoms with Crippen molar-refractivity contribution in [1.29, 1.82) is 0 Å². The van der Waals surface area contributed by atoms with Crippen molar-refractivity contribution in [2.24, 2.45) is 5.41 Å². The molecule has 0 aromatic heterocycles. The lowest BCUT2D eigenvalue weighted by atomic mass is 9.86. The van der Waals surface area contributed by atoms with E-state index in [1.807, 2.05) is 0 Å². The maximum atomic E-state index is 5.68. The first-order valence-electron chi connectivity index (χ1n) is 7.74. The number of ether oxygens (including phenoxy) is 1. The van der Waals surface area contributed by atoms with Gasteiger partial charge >= 0.3 is 0 Å². The van der Waals surface area contributed by atoms with Crippen molar-refractivity contribution in [1.82, 2.24) is 15.1 Å². The molecule has 2 rings (SSSR count). The molecule has 1 saturated heterocycles. The van der Waals surface area contributed by atoms with Crippen LogP contribution in [0, 0.1) is 5.41 Å². The molecule has 1 aliphatic heterocycles. The summed E-state index contributed by atoms with van der Waals surface area (Å²) in [4.78, 5) is 4.75. The lowest BCUT2D eigenvalue weighted by molar-refractivity contribution is 0.117. The predicted molar refractivity (Wildman–Crippen MR) is 79.6 cm³/mol. The number of rotatable bonds is 9. The molecule has 0 spiro atoms. The molecule has 4 nitrogen and oxygen atoms in total. The Morgan fingerprint density at radius 3 is 2.58 bits per heavy atom.